The molecule has 0 saturated carbocycles. The Bertz CT molecular complexity index is 840. The minimum Gasteiger partial charge on any atom is -0.493 e. The summed E-state index contributed by atoms with van der Waals surface area (Å²) in [6.07, 6.45) is 0.794. The summed E-state index contributed by atoms with van der Waals surface area (Å²) < 4.78 is 11.1. The van der Waals surface area contributed by atoms with Crippen LogP contribution < -0.4 is 9.47 Å². The smallest absolute Gasteiger partial charge is 0.161 e. The van der Waals surface area contributed by atoms with E-state index < -0.39 is 0 Å². The summed E-state index contributed by atoms with van der Waals surface area (Å²) in [6.45, 7) is 0.560. The van der Waals surface area contributed by atoms with Gasteiger partial charge in [-0.2, -0.15) is 0 Å². The highest BCUT2D eigenvalue weighted by Crippen LogP contribution is 2.30. The van der Waals surface area contributed by atoms with Gasteiger partial charge in [0.15, 0.2) is 11.5 Å². The average Bonchev–Trinajstić information content (AvgIpc) is 2.65. The number of aldehydes is 1. The maximum absolute atomic E-state index is 10.8. The second kappa shape index (κ2) is 7.88. The van der Waals surface area contributed by atoms with Crippen LogP contribution in [0.5, 0.6) is 11.5 Å². The van der Waals surface area contributed by atoms with Crippen molar-refractivity contribution < 1.29 is 14.3 Å². The van der Waals surface area contributed by atoms with Gasteiger partial charge in [0, 0.05) is 16.2 Å². The number of hydrogen-bond donors (Lipinski definition) is 0. The quantitative estimate of drug-likeness (QED) is 0.351. The molecule has 122 valence electrons. The van der Waals surface area contributed by atoms with Crippen molar-refractivity contribution >= 4 is 28.8 Å². The third-order valence-corrected chi connectivity index (χ3v) is 4.71. The lowest BCUT2D eigenvalue weighted by Gasteiger charge is -2.11. The van der Waals surface area contributed by atoms with Crippen LogP contribution in [0, 0.1) is 0 Å². The Morgan fingerprint density at radius 2 is 1.83 bits per heavy atom. The summed E-state index contributed by atoms with van der Waals surface area (Å²) in [6, 6.07) is 19.9. The first-order valence-electron chi connectivity index (χ1n) is 7.68. The number of benzene rings is 3. The lowest BCUT2D eigenvalue weighted by Crippen LogP contribution is -2.02. The molecule has 0 N–H and O–H groups in total. The van der Waals surface area contributed by atoms with Crippen LogP contribution >= 0.6 is 11.8 Å². The summed E-state index contributed by atoms with van der Waals surface area (Å²) in [5.74, 6) is 2.06. The highest BCUT2D eigenvalue weighted by molar-refractivity contribution is 7.99. The Morgan fingerprint density at radius 1 is 1.00 bits per heavy atom. The molecule has 0 aliphatic rings. The highest BCUT2D eigenvalue weighted by atomic mass is 32.2. The molecule has 3 rings (SSSR count). The van der Waals surface area contributed by atoms with E-state index in [9.17, 15) is 4.79 Å². The zero-order valence-corrected chi connectivity index (χ0v) is 14.2. The van der Waals surface area contributed by atoms with Crippen molar-refractivity contribution in [3.05, 3.63) is 66.2 Å². The second-order valence-electron chi connectivity index (χ2n) is 5.20. The number of ether oxygens (including phenoxy) is 2. The predicted octanol–water partition coefficient (Wildman–Crippen LogP) is 4.83. The van der Waals surface area contributed by atoms with Gasteiger partial charge in [-0.1, -0.05) is 36.4 Å². The number of rotatable bonds is 7. The lowest BCUT2D eigenvalue weighted by molar-refractivity contribution is 0.112. The first-order chi connectivity index (χ1) is 11.8. The molecule has 3 nitrogen and oxygen atoms in total. The fourth-order valence-corrected chi connectivity index (χ4v) is 3.40. The van der Waals surface area contributed by atoms with Crippen LogP contribution in [-0.2, 0) is 0 Å². The van der Waals surface area contributed by atoms with E-state index in [1.807, 2.05) is 0 Å². The monoisotopic (exact) mass is 338 g/mol. The number of thioether (sulfide) groups is 1. The summed E-state index contributed by atoms with van der Waals surface area (Å²) in [7, 11) is 1.57. The first-order valence-corrected chi connectivity index (χ1v) is 8.67. The molecule has 0 heterocycles. The van der Waals surface area contributed by atoms with Crippen LogP contribution in [0.3, 0.4) is 0 Å². The fraction of sp³-hybridized carbons (Fsp3) is 0.150. The van der Waals surface area contributed by atoms with Gasteiger partial charge in [-0.15, -0.1) is 11.8 Å². The van der Waals surface area contributed by atoms with Crippen LogP contribution in [0.25, 0.3) is 10.8 Å². The van der Waals surface area contributed by atoms with Crippen molar-refractivity contribution in [3.63, 3.8) is 0 Å². The molecular weight excluding hydrogens is 320 g/mol. The van der Waals surface area contributed by atoms with Crippen molar-refractivity contribution in [3.8, 4) is 11.5 Å². The maximum atomic E-state index is 10.8. The van der Waals surface area contributed by atoms with Crippen LogP contribution in [0.4, 0.5) is 0 Å². The number of carbonyl (C=O) groups excluding carboxylic acids is 1. The van der Waals surface area contributed by atoms with E-state index in [4.69, 9.17) is 9.47 Å². The largest absolute Gasteiger partial charge is 0.493 e. The molecule has 0 amide bonds. The van der Waals surface area contributed by atoms with Crippen molar-refractivity contribution in [1.29, 1.82) is 0 Å². The molecule has 0 saturated heterocycles. The Morgan fingerprint density at radius 3 is 2.67 bits per heavy atom. The van der Waals surface area contributed by atoms with Gasteiger partial charge in [-0.05, 0) is 35.0 Å². The van der Waals surface area contributed by atoms with Gasteiger partial charge >= 0.3 is 0 Å². The molecule has 0 unspecified atom stereocenters. The van der Waals surface area contributed by atoms with E-state index in [1.54, 1.807) is 37.1 Å². The van der Waals surface area contributed by atoms with Gasteiger partial charge in [-0.25, -0.2) is 0 Å². The van der Waals surface area contributed by atoms with E-state index in [0.29, 0.717) is 23.7 Å². The molecule has 4 heteroatoms. The molecule has 0 radical (unpaired) electrons. The third-order valence-electron chi connectivity index (χ3n) is 3.67. The number of carbonyl (C=O) groups is 1. The number of fused-ring (bicyclic) bond motifs is 1. The van der Waals surface area contributed by atoms with Gasteiger partial charge in [0.1, 0.15) is 6.29 Å². The van der Waals surface area contributed by atoms with E-state index >= 15 is 0 Å². The van der Waals surface area contributed by atoms with Crippen molar-refractivity contribution in [2.24, 2.45) is 0 Å². The minimum atomic E-state index is 0.560. The molecule has 3 aromatic rings. The van der Waals surface area contributed by atoms with Crippen molar-refractivity contribution in [2.45, 2.75) is 4.90 Å². The molecule has 0 fully saturated rings. The van der Waals surface area contributed by atoms with Gasteiger partial charge in [-0.3, -0.25) is 4.79 Å². The second-order valence-corrected chi connectivity index (χ2v) is 6.34. The molecule has 0 aliphatic heterocycles. The van der Waals surface area contributed by atoms with Gasteiger partial charge in [0.2, 0.25) is 0 Å². The highest BCUT2D eigenvalue weighted by Gasteiger charge is 2.06. The molecular formula is C20H18O3S. The molecule has 0 aliphatic carbocycles. The number of methoxy groups -OCH3 is 1. The number of hydrogen-bond acceptors (Lipinski definition) is 4. The molecule has 3 aromatic carbocycles. The van der Waals surface area contributed by atoms with Gasteiger partial charge < -0.3 is 9.47 Å². The summed E-state index contributed by atoms with van der Waals surface area (Å²) in [5, 5.41) is 2.51. The van der Waals surface area contributed by atoms with Crippen molar-refractivity contribution in [2.75, 3.05) is 19.5 Å². The Kier molecular flexibility index (Phi) is 5.39. The average molecular weight is 338 g/mol. The minimum absolute atomic E-state index is 0.560. The molecule has 0 bridgehead atoms. The fourth-order valence-electron chi connectivity index (χ4n) is 2.50. The molecule has 0 atom stereocenters. The summed E-state index contributed by atoms with van der Waals surface area (Å²) in [4.78, 5) is 12.1. The molecule has 24 heavy (non-hydrogen) atoms. The van der Waals surface area contributed by atoms with Crippen LogP contribution in [0.1, 0.15) is 10.4 Å². The summed E-state index contributed by atoms with van der Waals surface area (Å²) >= 11 is 1.77. The topological polar surface area (TPSA) is 35.5 Å². The first kappa shape index (κ1) is 16.4. The lowest BCUT2D eigenvalue weighted by atomic mass is 10.1. The molecule has 0 aromatic heterocycles. The van der Waals surface area contributed by atoms with E-state index in [0.717, 1.165) is 12.0 Å². The predicted molar refractivity (Wildman–Crippen MR) is 98.5 cm³/mol. The van der Waals surface area contributed by atoms with Crippen LogP contribution in [0.2, 0.25) is 0 Å². The zero-order valence-electron chi connectivity index (χ0n) is 13.4. The van der Waals surface area contributed by atoms with E-state index in [-0.39, 0.29) is 0 Å². The SMILES string of the molecule is COc1cc(C=O)ccc1OCCSc1cccc2ccccc12. The molecule has 0 spiro atoms. The maximum Gasteiger partial charge on any atom is 0.161 e. The van der Waals surface area contributed by atoms with Crippen LogP contribution in [0.15, 0.2) is 65.6 Å². The van der Waals surface area contributed by atoms with Gasteiger partial charge in [0.05, 0.1) is 13.7 Å². The third kappa shape index (κ3) is 3.71. The normalized spacial score (nSPS) is 10.5. The standard InChI is InChI=1S/C20H18O3S/c1-22-19-13-15(14-21)9-10-18(19)23-11-12-24-20-8-4-6-16-5-2-3-7-17(16)20/h2-10,13-14H,11-12H2,1H3. The van der Waals surface area contributed by atoms with Crippen LogP contribution in [-0.4, -0.2) is 25.8 Å². The zero-order chi connectivity index (χ0) is 16.8. The Hall–Kier alpha value is -2.46. The van der Waals surface area contributed by atoms with E-state index in [2.05, 4.69) is 42.5 Å². The Labute approximate surface area is 145 Å². The van der Waals surface area contributed by atoms with Gasteiger partial charge in [0.25, 0.3) is 0 Å². The van der Waals surface area contributed by atoms with E-state index in [1.165, 1.54) is 15.7 Å². The Balaban J connectivity index is 1.62. The van der Waals surface area contributed by atoms with Crippen molar-refractivity contribution in [1.82, 2.24) is 0 Å². The summed E-state index contributed by atoms with van der Waals surface area (Å²) in [5.41, 5.74) is 0.573.